The molecule has 1 unspecified atom stereocenters. The number of rotatable bonds is 6. The lowest BCUT2D eigenvalue weighted by Gasteiger charge is -2.26. The van der Waals surface area contributed by atoms with Gasteiger partial charge in [-0.05, 0) is 56.3 Å². The van der Waals surface area contributed by atoms with Crippen molar-refractivity contribution in [3.63, 3.8) is 0 Å². The van der Waals surface area contributed by atoms with Gasteiger partial charge in [-0.1, -0.05) is 32.0 Å². The number of hydrogen-bond donors (Lipinski definition) is 0. The number of aromatic nitrogens is 2. The van der Waals surface area contributed by atoms with Crippen molar-refractivity contribution in [1.82, 2.24) is 14.5 Å². The minimum absolute atomic E-state index is 0.0939. The first-order valence-electron chi connectivity index (χ1n) is 10.2. The summed E-state index contributed by atoms with van der Waals surface area (Å²) in [6, 6.07) is 8.29. The Morgan fingerprint density at radius 1 is 1.19 bits per heavy atom. The van der Waals surface area contributed by atoms with Crippen LogP contribution < -0.4 is 0 Å². The van der Waals surface area contributed by atoms with Crippen molar-refractivity contribution in [1.29, 1.82) is 0 Å². The maximum absolute atomic E-state index is 12.8. The molecule has 3 heterocycles. The number of carbonyl (C=O) groups excluding carboxylic acids is 1. The average molecular weight is 367 g/mol. The molecule has 0 radical (unpaired) electrons. The van der Waals surface area contributed by atoms with Crippen LogP contribution in [0.5, 0.6) is 0 Å². The van der Waals surface area contributed by atoms with Gasteiger partial charge in [0.05, 0.1) is 18.6 Å². The number of para-hydroxylation sites is 1. The third-order valence-electron chi connectivity index (χ3n) is 5.63. The van der Waals surface area contributed by atoms with E-state index in [1.165, 1.54) is 16.9 Å². The van der Waals surface area contributed by atoms with Crippen molar-refractivity contribution >= 4 is 5.97 Å². The molecule has 0 aliphatic carbocycles. The number of aryl methyl sites for hydroxylation is 1. The topological polar surface area (TPSA) is 47.4 Å². The molecular weight excluding hydrogens is 338 g/mol. The van der Waals surface area contributed by atoms with Crippen LogP contribution in [0.2, 0.25) is 0 Å². The van der Waals surface area contributed by atoms with E-state index >= 15 is 0 Å². The quantitative estimate of drug-likeness (QED) is 0.736. The smallest absolute Gasteiger partial charge is 0.323 e. The number of carbonyl (C=O) groups is 1. The van der Waals surface area contributed by atoms with E-state index in [2.05, 4.69) is 47.6 Å². The van der Waals surface area contributed by atoms with Crippen LogP contribution >= 0.6 is 0 Å². The highest BCUT2D eigenvalue weighted by atomic mass is 16.5. The number of likely N-dealkylation sites (tertiary alicyclic amines) is 1. The second-order valence-electron chi connectivity index (χ2n) is 8.12. The van der Waals surface area contributed by atoms with Crippen LogP contribution in [0, 0.1) is 5.92 Å². The Balaban J connectivity index is 1.57. The molecule has 144 valence electrons. The fourth-order valence-corrected chi connectivity index (χ4v) is 4.21. The van der Waals surface area contributed by atoms with Gasteiger partial charge in [-0.3, -0.25) is 9.69 Å². The molecule has 1 fully saturated rings. The number of nitrogens with zero attached hydrogens (tertiary/aromatic N) is 3. The number of fused-ring (bicyclic) bond motifs is 3. The fourth-order valence-electron chi connectivity index (χ4n) is 4.21. The maximum atomic E-state index is 12.8. The first kappa shape index (κ1) is 18.2. The Labute approximate surface area is 161 Å². The molecule has 0 bridgehead atoms. The van der Waals surface area contributed by atoms with E-state index in [1.807, 2.05) is 6.33 Å². The van der Waals surface area contributed by atoms with Gasteiger partial charge in [-0.2, -0.15) is 0 Å². The summed E-state index contributed by atoms with van der Waals surface area (Å²) in [5.41, 5.74) is 4.87. The lowest BCUT2D eigenvalue weighted by atomic mass is 9.98. The number of ether oxygens (including phenoxy) is 1. The zero-order chi connectivity index (χ0) is 18.8. The molecule has 2 aromatic rings. The number of esters is 1. The third kappa shape index (κ3) is 3.79. The van der Waals surface area contributed by atoms with Gasteiger partial charge in [0.15, 0.2) is 0 Å². The molecule has 5 nitrogen and oxygen atoms in total. The molecule has 0 amide bonds. The Morgan fingerprint density at radius 3 is 2.74 bits per heavy atom. The largest absolute Gasteiger partial charge is 0.464 e. The SMILES string of the molecule is CC(C)COC(=O)C(Cc1ncn2c1CCc1ccccc1-2)N1CCCC1. The van der Waals surface area contributed by atoms with Gasteiger partial charge in [0.1, 0.15) is 6.04 Å². The molecule has 4 rings (SSSR count). The summed E-state index contributed by atoms with van der Waals surface area (Å²) in [7, 11) is 0. The molecule has 2 aliphatic heterocycles. The van der Waals surface area contributed by atoms with Crippen LogP contribution in [-0.4, -0.2) is 46.2 Å². The van der Waals surface area contributed by atoms with Gasteiger partial charge in [-0.15, -0.1) is 0 Å². The summed E-state index contributed by atoms with van der Waals surface area (Å²) >= 11 is 0. The summed E-state index contributed by atoms with van der Waals surface area (Å²) in [5, 5.41) is 0. The summed E-state index contributed by atoms with van der Waals surface area (Å²) in [5.74, 6) is 0.258. The van der Waals surface area contributed by atoms with Crippen LogP contribution in [0.25, 0.3) is 5.69 Å². The van der Waals surface area contributed by atoms with Gasteiger partial charge >= 0.3 is 5.97 Å². The van der Waals surface area contributed by atoms with Crippen molar-refractivity contribution in [3.05, 3.63) is 47.5 Å². The second kappa shape index (κ2) is 7.85. The van der Waals surface area contributed by atoms with Crippen molar-refractivity contribution in [2.75, 3.05) is 19.7 Å². The summed E-state index contributed by atoms with van der Waals surface area (Å²) in [6.45, 7) is 6.57. The van der Waals surface area contributed by atoms with Gasteiger partial charge in [-0.25, -0.2) is 4.98 Å². The molecular formula is C22H29N3O2. The van der Waals surface area contributed by atoms with Gasteiger partial charge < -0.3 is 9.30 Å². The third-order valence-corrected chi connectivity index (χ3v) is 5.63. The van der Waals surface area contributed by atoms with Crippen molar-refractivity contribution in [2.45, 2.75) is 52.0 Å². The number of hydrogen-bond acceptors (Lipinski definition) is 4. The highest BCUT2D eigenvalue weighted by molar-refractivity contribution is 5.76. The van der Waals surface area contributed by atoms with Crippen molar-refractivity contribution < 1.29 is 9.53 Å². The van der Waals surface area contributed by atoms with E-state index in [0.29, 0.717) is 18.9 Å². The minimum Gasteiger partial charge on any atom is -0.464 e. The molecule has 0 saturated carbocycles. The highest BCUT2D eigenvalue weighted by Crippen LogP contribution is 2.28. The zero-order valence-electron chi connectivity index (χ0n) is 16.4. The van der Waals surface area contributed by atoms with E-state index in [1.54, 1.807) is 0 Å². The molecule has 0 spiro atoms. The first-order valence-corrected chi connectivity index (χ1v) is 10.2. The molecule has 1 aromatic carbocycles. The molecule has 5 heteroatoms. The minimum atomic E-state index is -0.219. The van der Waals surface area contributed by atoms with Gasteiger partial charge in [0.25, 0.3) is 0 Å². The van der Waals surface area contributed by atoms with E-state index in [0.717, 1.165) is 44.5 Å². The maximum Gasteiger partial charge on any atom is 0.323 e. The van der Waals surface area contributed by atoms with Crippen LogP contribution in [0.15, 0.2) is 30.6 Å². The number of benzene rings is 1. The van der Waals surface area contributed by atoms with E-state index < -0.39 is 0 Å². The summed E-state index contributed by atoms with van der Waals surface area (Å²) in [4.78, 5) is 19.8. The molecule has 27 heavy (non-hydrogen) atoms. The van der Waals surface area contributed by atoms with E-state index in [4.69, 9.17) is 9.72 Å². The Bertz CT molecular complexity index is 806. The second-order valence-corrected chi connectivity index (χ2v) is 8.12. The van der Waals surface area contributed by atoms with Crippen LogP contribution in [0.4, 0.5) is 0 Å². The Kier molecular flexibility index (Phi) is 5.30. The Morgan fingerprint density at radius 2 is 1.96 bits per heavy atom. The summed E-state index contributed by atoms with van der Waals surface area (Å²) in [6.07, 6.45) is 6.87. The molecule has 1 aromatic heterocycles. The lowest BCUT2D eigenvalue weighted by Crippen LogP contribution is -2.42. The predicted molar refractivity (Wildman–Crippen MR) is 105 cm³/mol. The monoisotopic (exact) mass is 367 g/mol. The average Bonchev–Trinajstić information content (AvgIpc) is 3.34. The fraction of sp³-hybridized carbons (Fsp3) is 0.545. The standard InChI is InChI=1S/C22H29N3O2/c1-16(2)14-27-22(26)21(24-11-5-6-12-24)13-18-20-10-9-17-7-3-4-8-19(17)25(20)15-23-18/h3-4,7-8,15-16,21H,5-6,9-14H2,1-2H3. The normalized spacial score (nSPS) is 17.6. The highest BCUT2D eigenvalue weighted by Gasteiger charge is 2.32. The lowest BCUT2D eigenvalue weighted by molar-refractivity contribution is -0.150. The van der Waals surface area contributed by atoms with E-state index in [-0.39, 0.29) is 12.0 Å². The first-order chi connectivity index (χ1) is 13.1. The summed E-state index contributed by atoms with van der Waals surface area (Å²) < 4.78 is 7.81. The Hall–Kier alpha value is -2.14. The predicted octanol–water partition coefficient (Wildman–Crippen LogP) is 3.18. The molecule has 0 N–H and O–H groups in total. The van der Waals surface area contributed by atoms with E-state index in [9.17, 15) is 4.79 Å². The van der Waals surface area contributed by atoms with Crippen LogP contribution in [0.3, 0.4) is 0 Å². The molecule has 1 atom stereocenters. The van der Waals surface area contributed by atoms with Crippen molar-refractivity contribution in [2.24, 2.45) is 5.92 Å². The number of imidazole rings is 1. The van der Waals surface area contributed by atoms with Gasteiger partial charge in [0.2, 0.25) is 0 Å². The molecule has 1 saturated heterocycles. The van der Waals surface area contributed by atoms with Gasteiger partial charge in [0, 0.05) is 17.8 Å². The zero-order valence-corrected chi connectivity index (χ0v) is 16.4. The molecule has 2 aliphatic rings. The van der Waals surface area contributed by atoms with Crippen LogP contribution in [0.1, 0.15) is 43.6 Å². The van der Waals surface area contributed by atoms with Crippen molar-refractivity contribution in [3.8, 4) is 5.69 Å². The van der Waals surface area contributed by atoms with Crippen LogP contribution in [-0.2, 0) is 28.8 Å².